The van der Waals surface area contributed by atoms with Gasteiger partial charge in [0.05, 0.1) is 19.8 Å². The summed E-state index contributed by atoms with van der Waals surface area (Å²) in [6.07, 6.45) is 23.1. The molecule has 0 rings (SSSR count). The van der Waals surface area contributed by atoms with Crippen LogP contribution in [0.5, 0.6) is 0 Å². The fourth-order valence-electron chi connectivity index (χ4n) is 9.74. The van der Waals surface area contributed by atoms with E-state index < -0.39 is 18.1 Å². The molecule has 3 atom stereocenters. The number of ketones is 1. The zero-order valence-corrected chi connectivity index (χ0v) is 67.4. The van der Waals surface area contributed by atoms with Crippen LogP contribution >= 0.6 is 0 Å². The molecule has 0 radical (unpaired) electrons. The van der Waals surface area contributed by atoms with Crippen LogP contribution in [-0.4, -0.2) is 105 Å². The van der Waals surface area contributed by atoms with E-state index in [0.29, 0.717) is 102 Å². The van der Waals surface area contributed by atoms with Gasteiger partial charge in [-0.05, 0) is 145 Å². The molecule has 0 saturated heterocycles. The normalized spacial score (nSPS) is 13.6. The highest BCUT2D eigenvalue weighted by atomic mass is 16.5. The van der Waals surface area contributed by atoms with Crippen LogP contribution in [0, 0.1) is 48.7 Å². The molecule has 0 aromatic carbocycles. The number of amides is 6. The maximum absolute atomic E-state index is 12.8. The van der Waals surface area contributed by atoms with Crippen molar-refractivity contribution in [3.63, 3.8) is 0 Å². The molecule has 0 fully saturated rings. The van der Waals surface area contributed by atoms with Gasteiger partial charge in [0, 0.05) is 58.3 Å². The Kier molecular flexibility index (Phi) is 48.5. The largest absolute Gasteiger partial charge is 0.379 e. The summed E-state index contributed by atoms with van der Waals surface area (Å²) in [7, 11) is 0. The Balaban J connectivity index is -0.00000135. The minimum absolute atomic E-state index is 0.0169. The number of Topliss-reactive ketones (excluding diaryl/α,β-unsaturated/α-hetero) is 1. The molecule has 0 spiro atoms. The number of carbonyl (C=O) groups is 7. The van der Waals surface area contributed by atoms with Crippen molar-refractivity contribution in [1.29, 1.82) is 0 Å². The van der Waals surface area contributed by atoms with Crippen LogP contribution in [0.15, 0.2) is 0 Å². The monoisotopic (exact) mass is 1350 g/mol. The quantitative estimate of drug-likeness (QED) is 0.0320. The van der Waals surface area contributed by atoms with Crippen molar-refractivity contribution in [2.45, 2.75) is 378 Å². The lowest BCUT2D eigenvalue weighted by Crippen LogP contribution is -2.47. The van der Waals surface area contributed by atoms with Gasteiger partial charge in [-0.2, -0.15) is 0 Å². The molecule has 15 nitrogen and oxygen atoms in total. The fraction of sp³-hybridized carbons (Fsp3) is 0.912. The van der Waals surface area contributed by atoms with Gasteiger partial charge in [0.2, 0.25) is 35.4 Å². The molecule has 0 bridgehead atoms. The van der Waals surface area contributed by atoms with Crippen molar-refractivity contribution in [3.05, 3.63) is 0 Å². The van der Waals surface area contributed by atoms with Crippen LogP contribution in [0.4, 0.5) is 0 Å². The Labute approximate surface area is 586 Å². The summed E-state index contributed by atoms with van der Waals surface area (Å²) >= 11 is 0. The predicted octanol–water partition coefficient (Wildman–Crippen LogP) is 18.3. The molecule has 0 aromatic rings. The molecule has 0 heterocycles. The molecule has 0 aliphatic carbocycles. The summed E-state index contributed by atoms with van der Waals surface area (Å²) in [6, 6.07) is -1.37. The fourth-order valence-corrected chi connectivity index (χ4v) is 9.74. The van der Waals surface area contributed by atoms with Crippen LogP contribution < -0.4 is 31.9 Å². The number of carbonyl (C=O) groups excluding carboxylic acids is 7. The molecule has 95 heavy (non-hydrogen) atoms. The van der Waals surface area contributed by atoms with Crippen molar-refractivity contribution in [1.82, 2.24) is 31.9 Å². The van der Waals surface area contributed by atoms with Gasteiger partial charge >= 0.3 is 0 Å². The SMILES string of the molecule is CC(C)(C)CCCC[C@H](NC(=O)CCC(C)(C)C)C(=O)NCCC(C)(C)C.CC(C)(C)CCCC[C@H](NC(=O)CCC(C)(C)C)C(=O)NCCCCCC(=O)CCCC(C)(C)C.CC(C)(C)CCCC[C@H](NC(=O)CCC(C)(C)C)C(=O)NCCOCCOCCC(C)(C)C. The smallest absolute Gasteiger partial charge is 0.242 e. The molecule has 0 aliphatic rings. The van der Waals surface area contributed by atoms with Crippen molar-refractivity contribution in [2.75, 3.05) is 46.1 Å². The van der Waals surface area contributed by atoms with Gasteiger partial charge in [0.25, 0.3) is 0 Å². The minimum Gasteiger partial charge on any atom is -0.379 e. The third-order valence-electron chi connectivity index (χ3n) is 16.2. The van der Waals surface area contributed by atoms with E-state index in [0.717, 1.165) is 129 Å². The van der Waals surface area contributed by atoms with Crippen molar-refractivity contribution >= 4 is 41.2 Å². The second-order valence-electron chi connectivity index (χ2n) is 38.4. The summed E-state index contributed by atoms with van der Waals surface area (Å²) in [6.45, 7) is 62.8. The second-order valence-corrected chi connectivity index (χ2v) is 38.4. The minimum atomic E-state index is -0.488. The Morgan fingerprint density at radius 1 is 0.253 bits per heavy atom. The first kappa shape index (κ1) is 95.6. The topological polar surface area (TPSA) is 210 Å². The second kappa shape index (κ2) is 48.2. The van der Waals surface area contributed by atoms with Gasteiger partial charge in [-0.15, -0.1) is 0 Å². The van der Waals surface area contributed by atoms with Gasteiger partial charge in [0.15, 0.2) is 0 Å². The third-order valence-corrected chi connectivity index (χ3v) is 16.2. The van der Waals surface area contributed by atoms with E-state index in [1.807, 2.05) is 0 Å². The summed E-state index contributed by atoms with van der Waals surface area (Å²) in [5.74, 6) is -0.00384. The maximum Gasteiger partial charge on any atom is 0.242 e. The number of nitrogens with one attached hydrogen (secondary N) is 6. The van der Waals surface area contributed by atoms with Gasteiger partial charge in [-0.3, -0.25) is 33.6 Å². The summed E-state index contributed by atoms with van der Waals surface area (Å²) in [5.41, 5.74) is 1.92. The summed E-state index contributed by atoms with van der Waals surface area (Å²) in [5, 5.41) is 17.9. The van der Waals surface area contributed by atoms with Crippen LogP contribution in [-0.2, 0) is 43.0 Å². The highest BCUT2D eigenvalue weighted by Gasteiger charge is 2.26. The molecule has 6 amide bonds. The van der Waals surface area contributed by atoms with Crippen LogP contribution in [0.2, 0.25) is 0 Å². The van der Waals surface area contributed by atoms with Crippen LogP contribution in [0.25, 0.3) is 0 Å². The van der Waals surface area contributed by atoms with E-state index in [4.69, 9.17) is 9.47 Å². The first-order valence-corrected chi connectivity index (χ1v) is 37.6. The van der Waals surface area contributed by atoms with Gasteiger partial charge < -0.3 is 41.4 Å². The van der Waals surface area contributed by atoms with E-state index in [1.54, 1.807) is 0 Å². The van der Waals surface area contributed by atoms with Crippen LogP contribution in [0.1, 0.15) is 360 Å². The Hall–Kier alpha value is -3.59. The van der Waals surface area contributed by atoms with E-state index in [1.165, 1.54) is 0 Å². The van der Waals surface area contributed by atoms with E-state index in [2.05, 4.69) is 219 Å². The molecule has 15 heteroatoms. The summed E-state index contributed by atoms with van der Waals surface area (Å²) in [4.78, 5) is 87.5. The molecule has 562 valence electrons. The van der Waals surface area contributed by atoms with Gasteiger partial charge in [0.1, 0.15) is 23.9 Å². The highest BCUT2D eigenvalue weighted by molar-refractivity contribution is 5.89. The molecular weight excluding hydrogens is 1190 g/mol. The van der Waals surface area contributed by atoms with Gasteiger partial charge in [-0.25, -0.2) is 0 Å². The lowest BCUT2D eigenvalue weighted by atomic mass is 9.89. The molecule has 0 aliphatic heterocycles. The maximum atomic E-state index is 12.8. The van der Waals surface area contributed by atoms with E-state index >= 15 is 0 Å². The lowest BCUT2D eigenvalue weighted by molar-refractivity contribution is -0.129. The molecule has 6 N–H and O–H groups in total. The standard InChI is InChI=1S/C30H58N2O3.C27H54N2O4.C23H46N2O2/c1-28(2,3)20-13-12-18-25(32-26(34)19-22-30(7,8)9)27(35)31-23-14-10-11-16-24(33)17-15-21-29(4,5)6;1-25(2,3)14-11-10-12-22(29-23(30)13-15-26(4,5)6)24(31)28-17-19-33-21-20-32-18-16-27(7,8)9;1-21(2,3)14-11-10-12-18(20(27)24-17-16-23(7,8)9)25-19(26)13-15-22(4,5)6/h25H,10-23H2,1-9H3,(H,31,35)(H,32,34);22H,10-21H2,1-9H3,(H,28,31)(H,29,30);18H,10-17H2,1-9H3,(H,24,27)(H,25,26)/t25-;22-;18-/m000/s1. The number of hydrogen-bond acceptors (Lipinski definition) is 9. The highest BCUT2D eigenvalue weighted by Crippen LogP contribution is 2.28. The molecular formula is C80H158N6O9. The predicted molar refractivity (Wildman–Crippen MR) is 401 cm³/mol. The zero-order valence-electron chi connectivity index (χ0n) is 67.4. The Morgan fingerprint density at radius 2 is 0.537 bits per heavy atom. The van der Waals surface area contributed by atoms with Crippen molar-refractivity contribution in [2.24, 2.45) is 48.7 Å². The average molecular weight is 1350 g/mol. The summed E-state index contributed by atoms with van der Waals surface area (Å²) < 4.78 is 11.1. The van der Waals surface area contributed by atoms with Gasteiger partial charge in [-0.1, -0.05) is 232 Å². The van der Waals surface area contributed by atoms with E-state index in [-0.39, 0.29) is 78.8 Å². The molecule has 0 aromatic heterocycles. The van der Waals surface area contributed by atoms with Crippen LogP contribution in [0.3, 0.4) is 0 Å². The number of hydrogen-bond donors (Lipinski definition) is 6. The molecule has 0 unspecified atom stereocenters. The first-order chi connectivity index (χ1) is 43.2. The number of ether oxygens (including phenoxy) is 2. The van der Waals surface area contributed by atoms with E-state index in [9.17, 15) is 33.6 Å². The third kappa shape index (κ3) is 73.0. The Morgan fingerprint density at radius 3 is 0.863 bits per heavy atom. The average Bonchev–Trinajstić information content (AvgIpc) is 1.01. The number of rotatable bonds is 43. The zero-order chi connectivity index (χ0) is 74.0. The van der Waals surface area contributed by atoms with Crippen molar-refractivity contribution < 1.29 is 43.0 Å². The van der Waals surface area contributed by atoms with Crippen molar-refractivity contribution in [3.8, 4) is 0 Å². The first-order valence-electron chi connectivity index (χ1n) is 37.6. The molecule has 0 saturated carbocycles. The Bertz CT molecular complexity index is 2080. The number of unbranched alkanes of at least 4 members (excludes halogenated alkanes) is 5. The lowest BCUT2D eigenvalue weighted by Gasteiger charge is -2.23.